The van der Waals surface area contributed by atoms with Crippen LogP contribution >= 0.6 is 0 Å². The first-order valence-corrected chi connectivity index (χ1v) is 6.25. The van der Waals surface area contributed by atoms with Crippen molar-refractivity contribution in [2.24, 2.45) is 0 Å². The number of hydrogen-bond acceptors (Lipinski definition) is 3. The van der Waals surface area contributed by atoms with Gasteiger partial charge in [-0.2, -0.15) is 0 Å². The Hall–Kier alpha value is -1.74. The number of aryl methyl sites for hydroxylation is 1. The van der Waals surface area contributed by atoms with Crippen LogP contribution in [0.15, 0.2) is 41.0 Å². The molecule has 18 heavy (non-hydrogen) atoms. The molecule has 0 fully saturated rings. The maximum atomic E-state index is 5.78. The molecule has 0 bridgehead atoms. The number of para-hydroxylation sites is 1. The van der Waals surface area contributed by atoms with Gasteiger partial charge in [0.25, 0.3) is 0 Å². The van der Waals surface area contributed by atoms with E-state index in [1.165, 1.54) is 0 Å². The number of nitrogens with one attached hydrogen (secondary N) is 1. The topological polar surface area (TPSA) is 34.4 Å². The van der Waals surface area contributed by atoms with E-state index in [4.69, 9.17) is 9.15 Å². The second-order valence-electron chi connectivity index (χ2n) is 4.20. The molecule has 1 aromatic carbocycles. The molecule has 1 heterocycles. The summed E-state index contributed by atoms with van der Waals surface area (Å²) in [5.41, 5.74) is 2.29. The summed E-state index contributed by atoms with van der Waals surface area (Å²) in [5.74, 6) is 1.79. The minimum atomic E-state index is 0.471. The van der Waals surface area contributed by atoms with Crippen molar-refractivity contribution in [3.05, 3.63) is 53.5 Å². The van der Waals surface area contributed by atoms with E-state index < -0.39 is 0 Å². The van der Waals surface area contributed by atoms with E-state index in [0.717, 1.165) is 35.7 Å². The highest BCUT2D eigenvalue weighted by Gasteiger charge is 2.07. The number of rotatable bonds is 6. The highest BCUT2D eigenvalue weighted by molar-refractivity contribution is 5.32. The molecule has 0 amide bonds. The monoisotopic (exact) mass is 245 g/mol. The number of furan rings is 1. The van der Waals surface area contributed by atoms with Gasteiger partial charge in [0, 0.05) is 12.1 Å². The highest BCUT2D eigenvalue weighted by Crippen LogP contribution is 2.19. The molecule has 1 aromatic heterocycles. The predicted octanol–water partition coefficient (Wildman–Crippen LogP) is 3.28. The Morgan fingerprint density at radius 3 is 2.83 bits per heavy atom. The molecule has 0 saturated heterocycles. The van der Waals surface area contributed by atoms with Gasteiger partial charge in [0.05, 0.1) is 6.26 Å². The summed E-state index contributed by atoms with van der Waals surface area (Å²) >= 11 is 0. The van der Waals surface area contributed by atoms with Crippen molar-refractivity contribution in [2.45, 2.75) is 27.0 Å². The molecule has 0 aliphatic heterocycles. The summed E-state index contributed by atoms with van der Waals surface area (Å²) in [6.07, 6.45) is 1.71. The Labute approximate surface area is 108 Å². The lowest BCUT2D eigenvalue weighted by Gasteiger charge is -2.08. The Kier molecular flexibility index (Phi) is 4.42. The minimum Gasteiger partial charge on any atom is -0.485 e. The van der Waals surface area contributed by atoms with Crippen molar-refractivity contribution in [3.63, 3.8) is 0 Å². The third kappa shape index (κ3) is 3.14. The summed E-state index contributed by atoms with van der Waals surface area (Å²) in [4.78, 5) is 0. The molecule has 3 heteroatoms. The molecule has 2 aromatic rings. The molecule has 0 aliphatic rings. The molecular formula is C15H19NO2. The summed E-state index contributed by atoms with van der Waals surface area (Å²) < 4.78 is 11.2. The van der Waals surface area contributed by atoms with Gasteiger partial charge in [0.15, 0.2) is 0 Å². The van der Waals surface area contributed by atoms with Crippen LogP contribution < -0.4 is 10.1 Å². The van der Waals surface area contributed by atoms with Crippen molar-refractivity contribution < 1.29 is 9.15 Å². The van der Waals surface area contributed by atoms with Crippen LogP contribution in [-0.2, 0) is 13.2 Å². The van der Waals surface area contributed by atoms with Crippen LogP contribution in [0.4, 0.5) is 0 Å². The van der Waals surface area contributed by atoms with Crippen LogP contribution in [0.2, 0.25) is 0 Å². The minimum absolute atomic E-state index is 0.471. The lowest BCUT2D eigenvalue weighted by molar-refractivity contribution is 0.266. The van der Waals surface area contributed by atoms with Gasteiger partial charge in [-0.1, -0.05) is 25.1 Å². The van der Waals surface area contributed by atoms with Gasteiger partial charge in [-0.3, -0.25) is 0 Å². The average Bonchev–Trinajstić information content (AvgIpc) is 2.83. The molecular weight excluding hydrogens is 226 g/mol. The number of benzene rings is 1. The normalized spacial score (nSPS) is 10.6. The smallest absolute Gasteiger partial charge is 0.146 e. The van der Waals surface area contributed by atoms with Crippen LogP contribution in [0.3, 0.4) is 0 Å². The lowest BCUT2D eigenvalue weighted by Crippen LogP contribution is -2.12. The molecule has 0 radical (unpaired) electrons. The van der Waals surface area contributed by atoms with Crippen LogP contribution in [0.5, 0.6) is 5.75 Å². The predicted molar refractivity (Wildman–Crippen MR) is 71.6 cm³/mol. The van der Waals surface area contributed by atoms with Crippen molar-refractivity contribution in [1.82, 2.24) is 5.32 Å². The standard InChI is InChI=1S/C15H19NO2/c1-3-16-10-13-8-9-17-15(13)11-18-14-7-5-4-6-12(14)2/h4-9,16H,3,10-11H2,1-2H3. The molecule has 96 valence electrons. The Balaban J connectivity index is 1.98. The van der Waals surface area contributed by atoms with E-state index in [-0.39, 0.29) is 0 Å². The van der Waals surface area contributed by atoms with Gasteiger partial charge in [0.2, 0.25) is 0 Å². The fraction of sp³-hybridized carbons (Fsp3) is 0.333. The molecule has 0 atom stereocenters. The maximum absolute atomic E-state index is 5.78. The molecule has 3 nitrogen and oxygen atoms in total. The van der Waals surface area contributed by atoms with Gasteiger partial charge < -0.3 is 14.5 Å². The average molecular weight is 245 g/mol. The Morgan fingerprint density at radius 1 is 1.22 bits per heavy atom. The number of hydrogen-bond donors (Lipinski definition) is 1. The Bertz CT molecular complexity index is 491. The molecule has 0 saturated carbocycles. The van der Waals surface area contributed by atoms with E-state index in [1.54, 1.807) is 6.26 Å². The summed E-state index contributed by atoms with van der Waals surface area (Å²) in [6, 6.07) is 9.98. The molecule has 0 unspecified atom stereocenters. The third-order valence-electron chi connectivity index (χ3n) is 2.86. The van der Waals surface area contributed by atoms with Gasteiger partial charge in [-0.25, -0.2) is 0 Å². The maximum Gasteiger partial charge on any atom is 0.146 e. The van der Waals surface area contributed by atoms with Gasteiger partial charge >= 0.3 is 0 Å². The molecule has 2 rings (SSSR count). The van der Waals surface area contributed by atoms with Crippen LogP contribution in [0.1, 0.15) is 23.8 Å². The zero-order chi connectivity index (χ0) is 12.8. The second-order valence-corrected chi connectivity index (χ2v) is 4.20. The summed E-state index contributed by atoms with van der Waals surface area (Å²) in [5, 5.41) is 3.29. The van der Waals surface area contributed by atoms with Crippen molar-refractivity contribution >= 4 is 0 Å². The summed E-state index contributed by atoms with van der Waals surface area (Å²) in [7, 11) is 0. The van der Waals surface area contributed by atoms with E-state index in [2.05, 4.69) is 12.2 Å². The SMILES string of the molecule is CCNCc1ccoc1COc1ccccc1C. The molecule has 0 spiro atoms. The van der Waals surface area contributed by atoms with E-state index >= 15 is 0 Å². The number of ether oxygens (including phenoxy) is 1. The van der Waals surface area contributed by atoms with Gasteiger partial charge in [-0.05, 0) is 31.2 Å². The van der Waals surface area contributed by atoms with E-state index in [0.29, 0.717) is 6.61 Å². The largest absolute Gasteiger partial charge is 0.485 e. The summed E-state index contributed by atoms with van der Waals surface area (Å²) in [6.45, 7) is 6.36. The molecule has 1 N–H and O–H groups in total. The van der Waals surface area contributed by atoms with Crippen LogP contribution in [0.25, 0.3) is 0 Å². The first-order valence-electron chi connectivity index (χ1n) is 6.25. The second kappa shape index (κ2) is 6.26. The molecule has 0 aliphatic carbocycles. The van der Waals surface area contributed by atoms with E-state index in [9.17, 15) is 0 Å². The highest BCUT2D eigenvalue weighted by atomic mass is 16.5. The van der Waals surface area contributed by atoms with Crippen LogP contribution in [0, 0.1) is 6.92 Å². The van der Waals surface area contributed by atoms with Gasteiger partial charge in [0.1, 0.15) is 18.1 Å². The van der Waals surface area contributed by atoms with Crippen molar-refractivity contribution in [3.8, 4) is 5.75 Å². The van der Waals surface area contributed by atoms with Crippen molar-refractivity contribution in [2.75, 3.05) is 6.54 Å². The third-order valence-corrected chi connectivity index (χ3v) is 2.86. The fourth-order valence-corrected chi connectivity index (χ4v) is 1.77. The van der Waals surface area contributed by atoms with Gasteiger partial charge in [-0.15, -0.1) is 0 Å². The van der Waals surface area contributed by atoms with E-state index in [1.807, 2.05) is 37.3 Å². The fourth-order valence-electron chi connectivity index (χ4n) is 1.77. The van der Waals surface area contributed by atoms with Crippen LogP contribution in [-0.4, -0.2) is 6.54 Å². The van der Waals surface area contributed by atoms with Crippen molar-refractivity contribution in [1.29, 1.82) is 0 Å². The quantitative estimate of drug-likeness (QED) is 0.848. The first-order chi connectivity index (χ1) is 8.81. The Morgan fingerprint density at radius 2 is 2.06 bits per heavy atom. The first kappa shape index (κ1) is 12.7. The zero-order valence-electron chi connectivity index (χ0n) is 10.9. The lowest BCUT2D eigenvalue weighted by atomic mass is 10.2. The zero-order valence-corrected chi connectivity index (χ0v) is 10.9.